The van der Waals surface area contributed by atoms with Gasteiger partial charge in [0.15, 0.2) is 0 Å². The maximum Gasteiger partial charge on any atom is 0.264 e. The van der Waals surface area contributed by atoms with Crippen LogP contribution in [0.25, 0.3) is 0 Å². The van der Waals surface area contributed by atoms with E-state index in [4.69, 9.17) is 0 Å². The van der Waals surface area contributed by atoms with Crippen LogP contribution in [0.15, 0.2) is 59.5 Å². The molecule has 0 saturated heterocycles. The van der Waals surface area contributed by atoms with Crippen molar-refractivity contribution in [1.29, 1.82) is 0 Å². The fourth-order valence-corrected chi connectivity index (χ4v) is 4.84. The molecule has 0 aromatic heterocycles. The minimum absolute atomic E-state index is 0.115. The van der Waals surface area contributed by atoms with Crippen LogP contribution in [-0.4, -0.2) is 27.4 Å². The second-order valence-electron chi connectivity index (χ2n) is 7.35. The average Bonchev–Trinajstić information content (AvgIpc) is 2.70. The maximum atomic E-state index is 13.0. The Labute approximate surface area is 167 Å². The van der Waals surface area contributed by atoms with Crippen LogP contribution >= 0.6 is 0 Å². The zero-order valence-corrected chi connectivity index (χ0v) is 17.1. The third kappa shape index (κ3) is 4.93. The van der Waals surface area contributed by atoms with Crippen LogP contribution in [0.3, 0.4) is 0 Å². The van der Waals surface area contributed by atoms with Gasteiger partial charge in [-0.2, -0.15) is 0 Å². The lowest BCUT2D eigenvalue weighted by Gasteiger charge is -2.22. The van der Waals surface area contributed by atoms with Crippen molar-refractivity contribution in [1.82, 2.24) is 5.32 Å². The second-order valence-corrected chi connectivity index (χ2v) is 9.32. The summed E-state index contributed by atoms with van der Waals surface area (Å²) < 4.78 is 27.2. The van der Waals surface area contributed by atoms with Crippen LogP contribution in [0.4, 0.5) is 5.69 Å². The van der Waals surface area contributed by atoms with E-state index in [9.17, 15) is 13.2 Å². The molecule has 0 bridgehead atoms. The third-order valence-corrected chi connectivity index (χ3v) is 7.10. The minimum atomic E-state index is -3.74. The lowest BCUT2D eigenvalue weighted by atomic mass is 9.96. The Morgan fingerprint density at radius 3 is 2.25 bits per heavy atom. The van der Waals surface area contributed by atoms with Crippen molar-refractivity contribution in [3.8, 4) is 0 Å². The molecular formula is C22H28N2O3S. The summed E-state index contributed by atoms with van der Waals surface area (Å²) in [4.78, 5) is 12.8. The average molecular weight is 401 g/mol. The quantitative estimate of drug-likeness (QED) is 0.811. The molecular weight excluding hydrogens is 372 g/mol. The Morgan fingerprint density at radius 2 is 1.57 bits per heavy atom. The van der Waals surface area contributed by atoms with E-state index in [1.807, 2.05) is 6.07 Å². The number of sulfonamides is 1. The maximum absolute atomic E-state index is 13.0. The molecule has 1 amide bonds. The van der Waals surface area contributed by atoms with Gasteiger partial charge >= 0.3 is 0 Å². The number of nitrogens with one attached hydrogen (secondary N) is 1. The number of anilines is 1. The van der Waals surface area contributed by atoms with Gasteiger partial charge in [-0.25, -0.2) is 8.42 Å². The van der Waals surface area contributed by atoms with Crippen LogP contribution in [-0.2, 0) is 10.0 Å². The highest BCUT2D eigenvalue weighted by molar-refractivity contribution is 7.92. The van der Waals surface area contributed by atoms with E-state index in [1.165, 1.54) is 42.7 Å². The summed E-state index contributed by atoms with van der Waals surface area (Å²) in [6, 6.07) is 15.4. The minimum Gasteiger partial charge on any atom is -0.349 e. The molecule has 1 aliphatic carbocycles. The van der Waals surface area contributed by atoms with E-state index in [0.29, 0.717) is 11.3 Å². The standard InChI is InChI=1S/C22H28N2O3S/c1-24(20-14-8-5-9-15-20)28(26,27)21-16-10-11-18(17-21)22(25)23-19-12-6-3-2-4-7-13-19/h5,8-11,14-17,19H,2-4,6-7,12-13H2,1H3,(H,23,25). The molecule has 150 valence electrons. The molecule has 6 heteroatoms. The van der Waals surface area contributed by atoms with Crippen LogP contribution in [0.5, 0.6) is 0 Å². The molecule has 28 heavy (non-hydrogen) atoms. The number of benzene rings is 2. The second kappa shape index (κ2) is 9.24. The molecule has 0 unspecified atom stereocenters. The van der Waals surface area contributed by atoms with Crippen molar-refractivity contribution >= 4 is 21.6 Å². The van der Waals surface area contributed by atoms with Gasteiger partial charge in [-0.05, 0) is 43.2 Å². The van der Waals surface area contributed by atoms with Gasteiger partial charge in [0.25, 0.3) is 15.9 Å². The van der Waals surface area contributed by atoms with Crippen molar-refractivity contribution < 1.29 is 13.2 Å². The lowest BCUT2D eigenvalue weighted by Crippen LogP contribution is -2.35. The summed E-state index contributed by atoms with van der Waals surface area (Å²) in [7, 11) is -2.22. The first-order chi connectivity index (χ1) is 13.5. The number of para-hydroxylation sites is 1. The Bertz CT molecular complexity index is 889. The molecule has 1 aliphatic rings. The zero-order chi connectivity index (χ0) is 20.0. The summed E-state index contributed by atoms with van der Waals surface area (Å²) >= 11 is 0. The molecule has 0 atom stereocenters. The third-order valence-electron chi connectivity index (χ3n) is 5.31. The number of rotatable bonds is 5. The topological polar surface area (TPSA) is 66.5 Å². The molecule has 1 fully saturated rings. The van der Waals surface area contributed by atoms with Crippen molar-refractivity contribution in [3.05, 3.63) is 60.2 Å². The molecule has 2 aromatic rings. The first kappa shape index (κ1) is 20.4. The van der Waals surface area contributed by atoms with Gasteiger partial charge in [0.1, 0.15) is 0 Å². The number of nitrogens with zero attached hydrogens (tertiary/aromatic N) is 1. The van der Waals surface area contributed by atoms with E-state index in [1.54, 1.807) is 36.4 Å². The molecule has 0 spiro atoms. The summed E-state index contributed by atoms with van der Waals surface area (Å²) in [5.41, 5.74) is 0.955. The van der Waals surface area contributed by atoms with Gasteiger partial charge < -0.3 is 5.32 Å². The molecule has 2 aromatic carbocycles. The van der Waals surface area contributed by atoms with Crippen LogP contribution < -0.4 is 9.62 Å². The molecule has 1 N–H and O–H groups in total. The number of hydrogen-bond acceptors (Lipinski definition) is 3. The lowest BCUT2D eigenvalue weighted by molar-refractivity contribution is 0.0930. The first-order valence-electron chi connectivity index (χ1n) is 9.93. The van der Waals surface area contributed by atoms with Gasteiger partial charge in [-0.3, -0.25) is 9.10 Å². The fraction of sp³-hybridized carbons (Fsp3) is 0.409. The van der Waals surface area contributed by atoms with Crippen LogP contribution in [0, 0.1) is 0 Å². The van der Waals surface area contributed by atoms with E-state index < -0.39 is 10.0 Å². The SMILES string of the molecule is CN(c1ccccc1)S(=O)(=O)c1cccc(C(=O)NC2CCCCCCC2)c1. The monoisotopic (exact) mass is 400 g/mol. The summed E-state index contributed by atoms with van der Waals surface area (Å²) in [6.07, 6.45) is 7.93. The van der Waals surface area contributed by atoms with Gasteiger partial charge in [-0.15, -0.1) is 0 Å². The number of hydrogen-bond donors (Lipinski definition) is 1. The summed E-state index contributed by atoms with van der Waals surface area (Å²) in [6.45, 7) is 0. The van der Waals surface area contributed by atoms with E-state index in [-0.39, 0.29) is 16.8 Å². The number of carbonyl (C=O) groups excluding carboxylic acids is 1. The highest BCUT2D eigenvalue weighted by atomic mass is 32.2. The highest BCUT2D eigenvalue weighted by Crippen LogP contribution is 2.23. The normalized spacial score (nSPS) is 16.0. The number of amides is 1. The smallest absolute Gasteiger partial charge is 0.264 e. The van der Waals surface area contributed by atoms with Gasteiger partial charge in [0.05, 0.1) is 10.6 Å². The van der Waals surface area contributed by atoms with Gasteiger partial charge in [0, 0.05) is 18.7 Å². The summed E-state index contributed by atoms with van der Waals surface area (Å²) in [5, 5.41) is 3.10. The predicted molar refractivity (Wildman–Crippen MR) is 112 cm³/mol. The van der Waals surface area contributed by atoms with Gasteiger partial charge in [0.2, 0.25) is 0 Å². The largest absolute Gasteiger partial charge is 0.349 e. The molecule has 3 rings (SSSR count). The van der Waals surface area contributed by atoms with Crippen LogP contribution in [0.1, 0.15) is 55.3 Å². The Hall–Kier alpha value is -2.34. The number of carbonyl (C=O) groups is 1. The molecule has 0 radical (unpaired) electrons. The zero-order valence-electron chi connectivity index (χ0n) is 16.3. The predicted octanol–water partition coefficient (Wildman–Crippen LogP) is 4.35. The van der Waals surface area contributed by atoms with E-state index in [0.717, 1.165) is 25.7 Å². The van der Waals surface area contributed by atoms with Crippen LogP contribution in [0.2, 0.25) is 0 Å². The Morgan fingerprint density at radius 1 is 0.929 bits per heavy atom. The van der Waals surface area contributed by atoms with E-state index in [2.05, 4.69) is 5.32 Å². The molecule has 0 aliphatic heterocycles. The van der Waals surface area contributed by atoms with E-state index >= 15 is 0 Å². The first-order valence-corrected chi connectivity index (χ1v) is 11.4. The molecule has 1 saturated carbocycles. The Kier molecular flexibility index (Phi) is 6.73. The fourth-order valence-electron chi connectivity index (χ4n) is 3.60. The van der Waals surface area contributed by atoms with Crippen molar-refractivity contribution in [3.63, 3.8) is 0 Å². The van der Waals surface area contributed by atoms with Crippen molar-refractivity contribution in [2.45, 2.75) is 55.9 Å². The summed E-state index contributed by atoms with van der Waals surface area (Å²) in [5.74, 6) is -0.204. The van der Waals surface area contributed by atoms with Crippen molar-refractivity contribution in [2.75, 3.05) is 11.4 Å². The molecule has 5 nitrogen and oxygen atoms in total. The Balaban J connectivity index is 1.76. The highest BCUT2D eigenvalue weighted by Gasteiger charge is 2.23. The van der Waals surface area contributed by atoms with Crippen molar-refractivity contribution in [2.24, 2.45) is 0 Å². The van der Waals surface area contributed by atoms with Gasteiger partial charge in [-0.1, -0.05) is 56.4 Å². The molecule has 0 heterocycles.